The Morgan fingerprint density at radius 3 is 2.53 bits per heavy atom. The number of carbonyl (C=O) groups is 1. The second-order valence-electron chi connectivity index (χ2n) is 7.78. The molecule has 1 heterocycles. The Hall–Kier alpha value is -3.72. The van der Waals surface area contributed by atoms with Crippen molar-refractivity contribution in [3.8, 4) is 17.2 Å². The van der Waals surface area contributed by atoms with Crippen LogP contribution in [0.3, 0.4) is 0 Å². The predicted octanol–water partition coefficient (Wildman–Crippen LogP) is 4.15. The monoisotopic (exact) mass is 482 g/mol. The molecular formula is C25H26N2O6S. The van der Waals surface area contributed by atoms with Crippen LogP contribution in [0.15, 0.2) is 71.6 Å². The number of benzene rings is 3. The summed E-state index contributed by atoms with van der Waals surface area (Å²) in [6.07, 6.45) is 0.722. The van der Waals surface area contributed by atoms with Crippen molar-refractivity contribution in [3.63, 3.8) is 0 Å². The highest BCUT2D eigenvalue weighted by Gasteiger charge is 2.20. The van der Waals surface area contributed by atoms with Crippen LogP contribution in [0.2, 0.25) is 0 Å². The van der Waals surface area contributed by atoms with Gasteiger partial charge >= 0.3 is 0 Å². The van der Waals surface area contributed by atoms with Gasteiger partial charge < -0.3 is 19.5 Å². The Balaban J connectivity index is 1.50. The van der Waals surface area contributed by atoms with Crippen LogP contribution < -0.4 is 24.2 Å². The van der Waals surface area contributed by atoms with Gasteiger partial charge in [-0.3, -0.25) is 9.52 Å². The van der Waals surface area contributed by atoms with Crippen molar-refractivity contribution in [1.82, 2.24) is 5.32 Å². The van der Waals surface area contributed by atoms with Gasteiger partial charge in [-0.15, -0.1) is 0 Å². The van der Waals surface area contributed by atoms with Crippen molar-refractivity contribution in [2.75, 3.05) is 25.0 Å². The van der Waals surface area contributed by atoms with E-state index < -0.39 is 10.0 Å². The molecule has 0 fully saturated rings. The normalized spacial score (nSPS) is 13.9. The molecule has 0 saturated heterocycles. The Morgan fingerprint density at radius 1 is 0.971 bits per heavy atom. The standard InChI is InChI=1S/C25H26N2O6S/c1-17(21-9-3-4-10-22(21)31-2)26-25(28)18-7-5-8-19(15-18)27-34(29,30)20-11-12-23-24(16-20)33-14-6-13-32-23/h3-5,7-12,15-17,27H,6,13-14H2,1-2H3,(H,26,28)/t17-/m0/s1. The maximum atomic E-state index is 13.0. The van der Waals surface area contributed by atoms with E-state index in [0.29, 0.717) is 36.0 Å². The van der Waals surface area contributed by atoms with Crippen molar-refractivity contribution in [3.05, 3.63) is 77.9 Å². The molecule has 0 saturated carbocycles. The number of methoxy groups -OCH3 is 1. The number of anilines is 1. The molecular weight excluding hydrogens is 456 g/mol. The first-order chi connectivity index (χ1) is 16.4. The van der Waals surface area contributed by atoms with E-state index in [-0.39, 0.29) is 22.5 Å². The second kappa shape index (κ2) is 10.0. The highest BCUT2D eigenvalue weighted by Crippen LogP contribution is 2.32. The number of fused-ring (bicyclic) bond motifs is 1. The molecule has 9 heteroatoms. The largest absolute Gasteiger partial charge is 0.496 e. The molecule has 4 rings (SSSR count). The Bertz CT molecular complexity index is 1290. The van der Waals surface area contributed by atoms with Gasteiger partial charge in [0.1, 0.15) is 5.75 Å². The fourth-order valence-electron chi connectivity index (χ4n) is 3.63. The summed E-state index contributed by atoms with van der Waals surface area (Å²) in [5.74, 6) is 1.24. The van der Waals surface area contributed by atoms with Gasteiger partial charge in [-0.2, -0.15) is 0 Å². The lowest BCUT2D eigenvalue weighted by Gasteiger charge is -2.17. The van der Waals surface area contributed by atoms with Gasteiger partial charge in [0.05, 0.1) is 31.3 Å². The minimum atomic E-state index is -3.91. The van der Waals surface area contributed by atoms with Crippen LogP contribution >= 0.6 is 0 Å². The molecule has 1 aliphatic heterocycles. The summed E-state index contributed by atoms with van der Waals surface area (Å²) in [4.78, 5) is 12.9. The Kier molecular flexibility index (Phi) is 6.93. The van der Waals surface area contributed by atoms with E-state index in [1.54, 1.807) is 31.4 Å². The van der Waals surface area contributed by atoms with Gasteiger partial charge in [0, 0.05) is 29.3 Å². The first kappa shape index (κ1) is 23.4. The fraction of sp³-hybridized carbons (Fsp3) is 0.240. The lowest BCUT2D eigenvalue weighted by molar-refractivity contribution is 0.0939. The third kappa shape index (κ3) is 5.26. The van der Waals surface area contributed by atoms with E-state index in [9.17, 15) is 13.2 Å². The molecule has 0 radical (unpaired) electrons. The molecule has 1 amide bonds. The molecule has 2 N–H and O–H groups in total. The summed E-state index contributed by atoms with van der Waals surface area (Å²) in [6, 6.07) is 17.9. The number of amides is 1. The molecule has 1 aliphatic rings. The number of ether oxygens (including phenoxy) is 3. The zero-order valence-corrected chi connectivity index (χ0v) is 19.7. The molecule has 1 atom stereocenters. The average molecular weight is 483 g/mol. The maximum absolute atomic E-state index is 13.0. The molecule has 3 aromatic rings. The molecule has 0 unspecified atom stereocenters. The van der Waals surface area contributed by atoms with Crippen molar-refractivity contribution in [1.29, 1.82) is 0 Å². The minimum Gasteiger partial charge on any atom is -0.496 e. The molecule has 178 valence electrons. The van der Waals surface area contributed by atoms with Crippen LogP contribution in [0.4, 0.5) is 5.69 Å². The van der Waals surface area contributed by atoms with E-state index in [4.69, 9.17) is 14.2 Å². The van der Waals surface area contributed by atoms with Gasteiger partial charge in [0.2, 0.25) is 0 Å². The van der Waals surface area contributed by atoms with E-state index in [1.165, 1.54) is 18.2 Å². The number of carbonyl (C=O) groups excluding carboxylic acids is 1. The van der Waals surface area contributed by atoms with Crippen LogP contribution in [0.25, 0.3) is 0 Å². The minimum absolute atomic E-state index is 0.0383. The maximum Gasteiger partial charge on any atom is 0.262 e. The first-order valence-electron chi connectivity index (χ1n) is 10.8. The number of hydrogen-bond acceptors (Lipinski definition) is 6. The number of nitrogens with one attached hydrogen (secondary N) is 2. The van der Waals surface area contributed by atoms with Crippen LogP contribution in [0, 0.1) is 0 Å². The van der Waals surface area contributed by atoms with Gasteiger partial charge in [0.25, 0.3) is 15.9 Å². The van der Waals surface area contributed by atoms with Crippen LogP contribution in [-0.2, 0) is 10.0 Å². The molecule has 0 spiro atoms. The molecule has 0 aromatic heterocycles. The van der Waals surface area contributed by atoms with Gasteiger partial charge in [-0.1, -0.05) is 24.3 Å². The summed E-state index contributed by atoms with van der Waals surface area (Å²) in [7, 11) is -2.33. The summed E-state index contributed by atoms with van der Waals surface area (Å²) >= 11 is 0. The van der Waals surface area contributed by atoms with E-state index in [2.05, 4.69) is 10.0 Å². The lowest BCUT2D eigenvalue weighted by atomic mass is 10.1. The lowest BCUT2D eigenvalue weighted by Crippen LogP contribution is -2.27. The molecule has 3 aromatic carbocycles. The zero-order chi connectivity index (χ0) is 24.1. The molecule has 0 bridgehead atoms. The number of sulfonamides is 1. The van der Waals surface area contributed by atoms with Crippen molar-refractivity contribution < 1.29 is 27.4 Å². The summed E-state index contributed by atoms with van der Waals surface area (Å²) in [5.41, 5.74) is 1.43. The third-order valence-electron chi connectivity index (χ3n) is 5.36. The van der Waals surface area contributed by atoms with Crippen molar-refractivity contribution >= 4 is 21.6 Å². The first-order valence-corrected chi connectivity index (χ1v) is 12.3. The number of rotatable bonds is 7. The van der Waals surface area contributed by atoms with Crippen molar-refractivity contribution in [2.45, 2.75) is 24.3 Å². The smallest absolute Gasteiger partial charge is 0.262 e. The summed E-state index contributed by atoms with van der Waals surface area (Å²) in [5, 5.41) is 2.92. The van der Waals surface area contributed by atoms with E-state index >= 15 is 0 Å². The fourth-order valence-corrected chi connectivity index (χ4v) is 4.70. The highest BCUT2D eigenvalue weighted by atomic mass is 32.2. The van der Waals surface area contributed by atoms with Crippen LogP contribution in [-0.4, -0.2) is 34.6 Å². The number of hydrogen-bond donors (Lipinski definition) is 2. The van der Waals surface area contributed by atoms with E-state index in [0.717, 1.165) is 12.0 Å². The Labute approximate surface area is 198 Å². The molecule has 8 nitrogen and oxygen atoms in total. The van der Waals surface area contributed by atoms with Gasteiger partial charge in [-0.05, 0) is 43.3 Å². The topological polar surface area (TPSA) is 103 Å². The van der Waals surface area contributed by atoms with Gasteiger partial charge in [0.15, 0.2) is 11.5 Å². The Morgan fingerprint density at radius 2 is 1.74 bits per heavy atom. The second-order valence-corrected chi connectivity index (χ2v) is 9.46. The zero-order valence-electron chi connectivity index (χ0n) is 18.9. The number of para-hydroxylation sites is 1. The van der Waals surface area contributed by atoms with Crippen molar-refractivity contribution in [2.24, 2.45) is 0 Å². The third-order valence-corrected chi connectivity index (χ3v) is 6.74. The van der Waals surface area contributed by atoms with Gasteiger partial charge in [-0.25, -0.2) is 8.42 Å². The van der Waals surface area contributed by atoms with Crippen LogP contribution in [0.1, 0.15) is 35.3 Å². The highest BCUT2D eigenvalue weighted by molar-refractivity contribution is 7.92. The van der Waals surface area contributed by atoms with Crippen LogP contribution in [0.5, 0.6) is 17.2 Å². The van der Waals surface area contributed by atoms with E-state index in [1.807, 2.05) is 31.2 Å². The SMILES string of the molecule is COc1ccccc1[C@H](C)NC(=O)c1cccc(NS(=O)(=O)c2ccc3c(c2)OCCCO3)c1. The quantitative estimate of drug-likeness (QED) is 0.525. The molecule has 0 aliphatic carbocycles. The summed E-state index contributed by atoms with van der Waals surface area (Å²) in [6.45, 7) is 2.82. The average Bonchev–Trinajstić information content (AvgIpc) is 3.09. The summed E-state index contributed by atoms with van der Waals surface area (Å²) < 4.78 is 45.0. The molecule has 34 heavy (non-hydrogen) atoms. The predicted molar refractivity (Wildman–Crippen MR) is 128 cm³/mol.